The molecule has 0 aliphatic heterocycles. The third-order valence-electron chi connectivity index (χ3n) is 2.87. The number of hydrogen-bond acceptors (Lipinski definition) is 3. The minimum atomic E-state index is 0.281. The summed E-state index contributed by atoms with van der Waals surface area (Å²) in [6.07, 6.45) is 2.36. The van der Waals surface area contributed by atoms with E-state index in [9.17, 15) is 0 Å². The van der Waals surface area contributed by atoms with Crippen molar-refractivity contribution in [2.45, 2.75) is 39.3 Å². The van der Waals surface area contributed by atoms with Crippen molar-refractivity contribution < 1.29 is 9.47 Å². The third-order valence-corrected chi connectivity index (χ3v) is 2.87. The van der Waals surface area contributed by atoms with Crippen molar-refractivity contribution in [1.82, 2.24) is 5.32 Å². The van der Waals surface area contributed by atoms with Gasteiger partial charge in [0.05, 0.1) is 6.10 Å². The van der Waals surface area contributed by atoms with E-state index >= 15 is 0 Å². The van der Waals surface area contributed by atoms with Crippen molar-refractivity contribution in [2.75, 3.05) is 20.3 Å². The molecule has 3 heteroatoms. The van der Waals surface area contributed by atoms with Crippen LogP contribution in [0.15, 0.2) is 24.3 Å². The summed E-state index contributed by atoms with van der Waals surface area (Å²) < 4.78 is 10.7. The van der Waals surface area contributed by atoms with Gasteiger partial charge in [0.25, 0.3) is 0 Å². The van der Waals surface area contributed by atoms with Crippen molar-refractivity contribution in [3.05, 3.63) is 29.8 Å². The Bertz CT molecular complexity index is 311. The standard InChI is InChI=1S/C15H25NO2/c1-4-13(2)18-15-8-6-14(7-9-15)12-16-10-5-11-17-3/h6-9,13,16H,4-5,10-12H2,1-3H3. The molecule has 3 nitrogen and oxygen atoms in total. The van der Waals surface area contributed by atoms with Gasteiger partial charge >= 0.3 is 0 Å². The lowest BCUT2D eigenvalue weighted by Crippen LogP contribution is -2.16. The van der Waals surface area contributed by atoms with E-state index in [0.29, 0.717) is 0 Å². The van der Waals surface area contributed by atoms with Crippen molar-refractivity contribution in [3.8, 4) is 5.75 Å². The summed E-state index contributed by atoms with van der Waals surface area (Å²) in [5.41, 5.74) is 1.28. The van der Waals surface area contributed by atoms with E-state index in [4.69, 9.17) is 9.47 Å². The smallest absolute Gasteiger partial charge is 0.119 e. The fourth-order valence-electron chi connectivity index (χ4n) is 1.58. The molecule has 0 aliphatic rings. The Morgan fingerprint density at radius 2 is 1.94 bits per heavy atom. The number of nitrogens with one attached hydrogen (secondary N) is 1. The van der Waals surface area contributed by atoms with Crippen LogP contribution in [0.3, 0.4) is 0 Å². The highest BCUT2D eigenvalue weighted by Crippen LogP contribution is 2.14. The van der Waals surface area contributed by atoms with Crippen LogP contribution in [0, 0.1) is 0 Å². The van der Waals surface area contributed by atoms with E-state index in [0.717, 1.165) is 38.3 Å². The second-order valence-corrected chi connectivity index (χ2v) is 4.50. The average Bonchev–Trinajstić information content (AvgIpc) is 2.40. The highest BCUT2D eigenvalue weighted by atomic mass is 16.5. The van der Waals surface area contributed by atoms with E-state index in [1.807, 2.05) is 12.1 Å². The Balaban J connectivity index is 2.27. The van der Waals surface area contributed by atoms with Gasteiger partial charge in [-0.1, -0.05) is 19.1 Å². The highest BCUT2D eigenvalue weighted by Gasteiger charge is 2.00. The summed E-state index contributed by atoms with van der Waals surface area (Å²) in [6.45, 7) is 6.91. The molecule has 0 saturated heterocycles. The zero-order valence-corrected chi connectivity index (χ0v) is 11.7. The van der Waals surface area contributed by atoms with E-state index in [1.54, 1.807) is 7.11 Å². The van der Waals surface area contributed by atoms with Crippen LogP contribution in [-0.2, 0) is 11.3 Å². The third kappa shape index (κ3) is 6.03. The molecule has 0 amide bonds. The first-order valence-corrected chi connectivity index (χ1v) is 6.71. The number of rotatable bonds is 9. The van der Waals surface area contributed by atoms with Crippen LogP contribution < -0.4 is 10.1 Å². The average molecular weight is 251 g/mol. The number of benzene rings is 1. The lowest BCUT2D eigenvalue weighted by atomic mass is 10.2. The molecule has 0 heterocycles. The van der Waals surface area contributed by atoms with Crippen LogP contribution >= 0.6 is 0 Å². The molecule has 0 bridgehead atoms. The largest absolute Gasteiger partial charge is 0.491 e. The van der Waals surface area contributed by atoms with Crippen LogP contribution in [0.2, 0.25) is 0 Å². The summed E-state index contributed by atoms with van der Waals surface area (Å²) >= 11 is 0. The van der Waals surface area contributed by atoms with Crippen LogP contribution in [0.5, 0.6) is 5.75 Å². The molecule has 1 aromatic carbocycles. The van der Waals surface area contributed by atoms with Gasteiger partial charge in [-0.05, 0) is 44.0 Å². The minimum Gasteiger partial charge on any atom is -0.491 e. The van der Waals surface area contributed by atoms with Gasteiger partial charge in [-0.2, -0.15) is 0 Å². The second-order valence-electron chi connectivity index (χ2n) is 4.50. The Morgan fingerprint density at radius 1 is 1.22 bits per heavy atom. The Morgan fingerprint density at radius 3 is 2.56 bits per heavy atom. The summed E-state index contributed by atoms with van der Waals surface area (Å²) in [4.78, 5) is 0. The molecule has 1 rings (SSSR count). The molecule has 1 N–H and O–H groups in total. The van der Waals surface area contributed by atoms with Gasteiger partial charge in [0, 0.05) is 20.3 Å². The predicted octanol–water partition coefficient (Wildman–Crippen LogP) is 2.99. The Labute approximate surface area is 110 Å². The van der Waals surface area contributed by atoms with Crippen LogP contribution in [-0.4, -0.2) is 26.4 Å². The van der Waals surface area contributed by atoms with Crippen LogP contribution in [0.1, 0.15) is 32.3 Å². The fraction of sp³-hybridized carbons (Fsp3) is 0.600. The van der Waals surface area contributed by atoms with Crippen molar-refractivity contribution >= 4 is 0 Å². The highest BCUT2D eigenvalue weighted by molar-refractivity contribution is 5.27. The van der Waals surface area contributed by atoms with Gasteiger partial charge < -0.3 is 14.8 Å². The van der Waals surface area contributed by atoms with E-state index < -0.39 is 0 Å². The molecule has 1 aromatic rings. The fourth-order valence-corrected chi connectivity index (χ4v) is 1.58. The maximum absolute atomic E-state index is 5.74. The molecule has 0 saturated carbocycles. The first kappa shape index (κ1) is 15.0. The lowest BCUT2D eigenvalue weighted by Gasteiger charge is -2.13. The van der Waals surface area contributed by atoms with Gasteiger partial charge in [-0.3, -0.25) is 0 Å². The molecular weight excluding hydrogens is 226 g/mol. The first-order chi connectivity index (χ1) is 8.76. The lowest BCUT2D eigenvalue weighted by molar-refractivity contribution is 0.194. The number of hydrogen-bond donors (Lipinski definition) is 1. The van der Waals surface area contributed by atoms with Gasteiger partial charge in [0.1, 0.15) is 5.75 Å². The molecule has 1 unspecified atom stereocenters. The minimum absolute atomic E-state index is 0.281. The molecule has 0 aliphatic carbocycles. The number of ether oxygens (including phenoxy) is 2. The van der Waals surface area contributed by atoms with E-state index in [2.05, 4.69) is 31.3 Å². The van der Waals surface area contributed by atoms with Gasteiger partial charge in [-0.15, -0.1) is 0 Å². The van der Waals surface area contributed by atoms with Crippen molar-refractivity contribution in [3.63, 3.8) is 0 Å². The molecule has 102 valence electrons. The Kier molecular flexibility index (Phi) is 7.46. The number of methoxy groups -OCH3 is 1. The van der Waals surface area contributed by atoms with Crippen molar-refractivity contribution in [2.24, 2.45) is 0 Å². The Hall–Kier alpha value is -1.06. The first-order valence-electron chi connectivity index (χ1n) is 6.71. The van der Waals surface area contributed by atoms with E-state index in [1.165, 1.54) is 5.56 Å². The molecule has 1 atom stereocenters. The monoisotopic (exact) mass is 251 g/mol. The van der Waals surface area contributed by atoms with Crippen molar-refractivity contribution in [1.29, 1.82) is 0 Å². The summed E-state index contributed by atoms with van der Waals surface area (Å²) in [6, 6.07) is 8.30. The molecule has 0 fully saturated rings. The zero-order chi connectivity index (χ0) is 13.2. The van der Waals surface area contributed by atoms with Crippen LogP contribution in [0.4, 0.5) is 0 Å². The zero-order valence-electron chi connectivity index (χ0n) is 11.7. The maximum atomic E-state index is 5.74. The summed E-state index contributed by atoms with van der Waals surface area (Å²) in [5, 5.41) is 3.39. The normalized spacial score (nSPS) is 12.4. The van der Waals surface area contributed by atoms with E-state index in [-0.39, 0.29) is 6.10 Å². The molecule has 0 aromatic heterocycles. The quantitative estimate of drug-likeness (QED) is 0.684. The molecular formula is C15H25NO2. The van der Waals surface area contributed by atoms with Gasteiger partial charge in [0.15, 0.2) is 0 Å². The molecule has 18 heavy (non-hydrogen) atoms. The summed E-state index contributed by atoms with van der Waals surface area (Å²) in [5.74, 6) is 0.951. The van der Waals surface area contributed by atoms with Gasteiger partial charge in [-0.25, -0.2) is 0 Å². The maximum Gasteiger partial charge on any atom is 0.119 e. The second kappa shape index (κ2) is 8.95. The SMILES string of the molecule is CCC(C)Oc1ccc(CNCCCOC)cc1. The van der Waals surface area contributed by atoms with Gasteiger partial charge in [0.2, 0.25) is 0 Å². The molecule has 0 spiro atoms. The van der Waals surface area contributed by atoms with Crippen LogP contribution in [0.25, 0.3) is 0 Å². The summed E-state index contributed by atoms with van der Waals surface area (Å²) in [7, 11) is 1.73. The topological polar surface area (TPSA) is 30.5 Å². The predicted molar refractivity (Wildman–Crippen MR) is 75.0 cm³/mol. The molecule has 0 radical (unpaired) electrons.